The number of hydrogen-bond acceptors (Lipinski definition) is 2. The van der Waals surface area contributed by atoms with Gasteiger partial charge in [0.15, 0.2) is 0 Å². The second kappa shape index (κ2) is 5.83. The highest BCUT2D eigenvalue weighted by Crippen LogP contribution is 2.25. The molecule has 0 aliphatic heterocycles. The lowest BCUT2D eigenvalue weighted by atomic mass is 9.92. The molecule has 1 aromatic carbocycles. The highest BCUT2D eigenvalue weighted by Gasteiger charge is 2.10. The first kappa shape index (κ1) is 14.5. The lowest BCUT2D eigenvalue weighted by molar-refractivity contribution is 0.390. The van der Waals surface area contributed by atoms with Crippen molar-refractivity contribution < 1.29 is 0 Å². The summed E-state index contributed by atoms with van der Waals surface area (Å²) in [4.78, 5) is 0.423. The Bertz CT molecular complexity index is 410. The van der Waals surface area contributed by atoms with Crippen molar-refractivity contribution in [2.45, 2.75) is 27.2 Å². The number of rotatable bonds is 4. The van der Waals surface area contributed by atoms with E-state index in [4.69, 9.17) is 18.0 Å². The Morgan fingerprint density at radius 2 is 2.06 bits per heavy atom. The molecule has 2 nitrogen and oxygen atoms in total. The lowest BCUT2D eigenvalue weighted by Gasteiger charge is -2.19. The van der Waals surface area contributed by atoms with Crippen LogP contribution in [0.2, 0.25) is 0 Å². The Morgan fingerprint density at radius 3 is 2.53 bits per heavy atom. The van der Waals surface area contributed by atoms with Crippen molar-refractivity contribution >= 4 is 38.8 Å². The Balaban J connectivity index is 2.64. The molecule has 1 rings (SSSR count). The largest absolute Gasteiger partial charge is 0.389 e. The summed E-state index contributed by atoms with van der Waals surface area (Å²) in [6, 6.07) is 5.88. The molecule has 4 heteroatoms. The Morgan fingerprint density at radius 1 is 1.41 bits per heavy atom. The smallest absolute Gasteiger partial charge is 0.104 e. The van der Waals surface area contributed by atoms with Crippen LogP contribution >= 0.6 is 28.1 Å². The van der Waals surface area contributed by atoms with E-state index in [1.54, 1.807) is 0 Å². The molecule has 0 saturated carbocycles. The summed E-state index contributed by atoms with van der Waals surface area (Å²) in [5.74, 6) is 0. The van der Waals surface area contributed by atoms with Crippen LogP contribution in [-0.2, 0) is 0 Å². The normalized spacial score (nSPS) is 11.3. The minimum Gasteiger partial charge on any atom is -0.389 e. The first-order chi connectivity index (χ1) is 7.79. The van der Waals surface area contributed by atoms with Gasteiger partial charge in [-0.25, -0.2) is 0 Å². The fourth-order valence-electron chi connectivity index (χ4n) is 1.38. The molecular weight excluding hydrogens is 296 g/mol. The molecule has 0 heterocycles. The van der Waals surface area contributed by atoms with Crippen molar-refractivity contribution in [3.63, 3.8) is 0 Å². The molecule has 0 spiro atoms. The van der Waals surface area contributed by atoms with E-state index in [0.717, 1.165) is 28.7 Å². The molecule has 0 aliphatic rings. The third-order valence-corrected chi connectivity index (χ3v) is 3.34. The van der Waals surface area contributed by atoms with Crippen LogP contribution in [0.4, 0.5) is 5.69 Å². The highest BCUT2D eigenvalue weighted by molar-refractivity contribution is 9.10. The maximum Gasteiger partial charge on any atom is 0.104 e. The van der Waals surface area contributed by atoms with Gasteiger partial charge in [-0.2, -0.15) is 0 Å². The number of anilines is 1. The fraction of sp³-hybridized carbons (Fsp3) is 0.462. The first-order valence-corrected chi connectivity index (χ1v) is 6.83. The van der Waals surface area contributed by atoms with E-state index >= 15 is 0 Å². The Kier molecular flexibility index (Phi) is 4.95. The number of nitrogens with two attached hydrogens (primary N) is 1. The van der Waals surface area contributed by atoms with Crippen LogP contribution in [0.1, 0.15) is 32.8 Å². The first-order valence-electron chi connectivity index (χ1n) is 5.63. The molecule has 0 amide bonds. The molecule has 3 N–H and O–H groups in total. The summed E-state index contributed by atoms with van der Waals surface area (Å²) >= 11 is 8.46. The summed E-state index contributed by atoms with van der Waals surface area (Å²) in [5, 5.41) is 3.40. The van der Waals surface area contributed by atoms with E-state index in [2.05, 4.69) is 42.0 Å². The molecule has 0 saturated heterocycles. The van der Waals surface area contributed by atoms with Crippen LogP contribution in [-0.4, -0.2) is 11.5 Å². The molecule has 1 aromatic rings. The van der Waals surface area contributed by atoms with Crippen molar-refractivity contribution in [1.29, 1.82) is 0 Å². The van der Waals surface area contributed by atoms with Crippen LogP contribution in [0.3, 0.4) is 0 Å². The highest BCUT2D eigenvalue weighted by atomic mass is 79.9. The van der Waals surface area contributed by atoms with Crippen molar-refractivity contribution in [2.24, 2.45) is 11.1 Å². The third-order valence-electron chi connectivity index (χ3n) is 2.44. The number of halogens is 1. The molecule has 0 radical (unpaired) electrons. The van der Waals surface area contributed by atoms with Gasteiger partial charge in [0, 0.05) is 22.3 Å². The van der Waals surface area contributed by atoms with Crippen LogP contribution in [0, 0.1) is 5.41 Å². The zero-order chi connectivity index (χ0) is 13.1. The molecule has 0 aliphatic carbocycles. The quantitative estimate of drug-likeness (QED) is 0.827. The predicted octanol–water partition coefficient (Wildman–Crippen LogP) is 3.93. The standard InChI is InChI=1S/C13H19BrN2S/c1-13(2,3)6-7-16-11-5-4-9(12(15)17)8-10(11)14/h4-5,8,16H,6-7H2,1-3H3,(H2,15,17). The number of thiocarbonyl (C=S) groups is 1. The van der Waals surface area contributed by atoms with E-state index in [-0.39, 0.29) is 0 Å². The van der Waals surface area contributed by atoms with Gasteiger partial charge >= 0.3 is 0 Å². The monoisotopic (exact) mass is 314 g/mol. The van der Waals surface area contributed by atoms with Crippen molar-refractivity contribution in [3.05, 3.63) is 28.2 Å². The zero-order valence-corrected chi connectivity index (χ0v) is 12.9. The molecule has 94 valence electrons. The van der Waals surface area contributed by atoms with Crippen molar-refractivity contribution in [2.75, 3.05) is 11.9 Å². The van der Waals surface area contributed by atoms with Gasteiger partial charge in [-0.1, -0.05) is 33.0 Å². The Labute approximate surface area is 117 Å². The van der Waals surface area contributed by atoms with Gasteiger partial charge < -0.3 is 11.1 Å². The maximum atomic E-state index is 5.58. The van der Waals surface area contributed by atoms with Crippen LogP contribution < -0.4 is 11.1 Å². The molecule has 0 unspecified atom stereocenters. The fourth-order valence-corrected chi connectivity index (χ4v) is 2.03. The van der Waals surface area contributed by atoms with Crippen LogP contribution in [0.5, 0.6) is 0 Å². The summed E-state index contributed by atoms with van der Waals surface area (Å²) in [6.07, 6.45) is 1.12. The predicted molar refractivity (Wildman–Crippen MR) is 82.6 cm³/mol. The SMILES string of the molecule is CC(C)(C)CCNc1ccc(C(N)=S)cc1Br. The second-order valence-electron chi connectivity index (χ2n) is 5.30. The van der Waals surface area contributed by atoms with Crippen LogP contribution in [0.15, 0.2) is 22.7 Å². The molecule has 0 bridgehead atoms. The van der Waals surface area contributed by atoms with Gasteiger partial charge in [0.2, 0.25) is 0 Å². The van der Waals surface area contributed by atoms with E-state index in [1.807, 2.05) is 18.2 Å². The van der Waals surface area contributed by atoms with Crippen LogP contribution in [0.25, 0.3) is 0 Å². The van der Waals surface area contributed by atoms with E-state index in [1.165, 1.54) is 0 Å². The average molecular weight is 315 g/mol. The van der Waals surface area contributed by atoms with Gasteiger partial charge in [0.1, 0.15) is 4.99 Å². The number of nitrogens with one attached hydrogen (secondary N) is 1. The molecule has 0 fully saturated rings. The molecule has 17 heavy (non-hydrogen) atoms. The van der Waals surface area contributed by atoms with Gasteiger partial charge in [0.05, 0.1) is 0 Å². The van der Waals surface area contributed by atoms with Gasteiger partial charge in [-0.15, -0.1) is 0 Å². The zero-order valence-electron chi connectivity index (χ0n) is 10.5. The molecular formula is C13H19BrN2S. The minimum absolute atomic E-state index is 0.345. The van der Waals surface area contributed by atoms with E-state index < -0.39 is 0 Å². The topological polar surface area (TPSA) is 38.0 Å². The molecule has 0 atom stereocenters. The van der Waals surface area contributed by atoms with Crippen molar-refractivity contribution in [1.82, 2.24) is 0 Å². The number of benzene rings is 1. The summed E-state index contributed by atoms with van der Waals surface area (Å²) in [6.45, 7) is 7.66. The minimum atomic E-state index is 0.345. The van der Waals surface area contributed by atoms with Gasteiger partial charge in [0.25, 0.3) is 0 Å². The van der Waals surface area contributed by atoms with E-state index in [0.29, 0.717) is 10.4 Å². The molecule has 0 aromatic heterocycles. The summed E-state index contributed by atoms with van der Waals surface area (Å²) in [7, 11) is 0. The van der Waals surface area contributed by atoms with E-state index in [9.17, 15) is 0 Å². The number of hydrogen-bond donors (Lipinski definition) is 2. The maximum absolute atomic E-state index is 5.58. The second-order valence-corrected chi connectivity index (χ2v) is 6.59. The van der Waals surface area contributed by atoms with Gasteiger partial charge in [-0.3, -0.25) is 0 Å². The summed E-state index contributed by atoms with van der Waals surface area (Å²) < 4.78 is 0.997. The summed E-state index contributed by atoms with van der Waals surface area (Å²) in [5.41, 5.74) is 7.89. The van der Waals surface area contributed by atoms with Gasteiger partial charge in [-0.05, 0) is 46.0 Å². The Hall–Kier alpha value is -0.610. The third kappa shape index (κ3) is 5.04. The van der Waals surface area contributed by atoms with Crippen molar-refractivity contribution in [3.8, 4) is 0 Å². The lowest BCUT2D eigenvalue weighted by Crippen LogP contribution is -2.13. The average Bonchev–Trinajstić information content (AvgIpc) is 2.18.